The minimum Gasteiger partial charge on any atom is -0.381 e. The van der Waals surface area contributed by atoms with E-state index in [4.69, 9.17) is 10.5 Å². The lowest BCUT2D eigenvalue weighted by Gasteiger charge is -2.11. The number of ether oxygens (including phenoxy) is 1. The number of benzene rings is 1. The van der Waals surface area contributed by atoms with Crippen molar-refractivity contribution in [2.75, 3.05) is 12.3 Å². The van der Waals surface area contributed by atoms with Crippen LogP contribution < -0.4 is 5.73 Å². The van der Waals surface area contributed by atoms with Crippen LogP contribution in [0.15, 0.2) is 36.5 Å². The van der Waals surface area contributed by atoms with Gasteiger partial charge in [-0.05, 0) is 11.5 Å². The summed E-state index contributed by atoms with van der Waals surface area (Å²) >= 11 is 0. The standard InChI is InChI=1S/C13H18N4O/c1-11(7-17-8-13(14)15-16-17)9-18-10-12-5-3-2-4-6-12/h2-6,8,11H,7,9-10,14H2,1H3. The summed E-state index contributed by atoms with van der Waals surface area (Å²) in [6.45, 7) is 4.21. The van der Waals surface area contributed by atoms with E-state index >= 15 is 0 Å². The maximum Gasteiger partial charge on any atom is 0.165 e. The average Bonchev–Trinajstić information content (AvgIpc) is 2.76. The van der Waals surface area contributed by atoms with Crippen LogP contribution in [-0.2, 0) is 17.9 Å². The first kappa shape index (κ1) is 12.6. The number of hydrogen-bond acceptors (Lipinski definition) is 4. The monoisotopic (exact) mass is 246 g/mol. The van der Waals surface area contributed by atoms with E-state index in [1.807, 2.05) is 18.2 Å². The summed E-state index contributed by atoms with van der Waals surface area (Å²) in [6, 6.07) is 10.1. The van der Waals surface area contributed by atoms with Crippen LogP contribution >= 0.6 is 0 Å². The van der Waals surface area contributed by atoms with Gasteiger partial charge in [0, 0.05) is 6.54 Å². The Bertz CT molecular complexity index is 469. The molecular formula is C13H18N4O. The minimum absolute atomic E-state index is 0.370. The first-order chi connectivity index (χ1) is 8.74. The first-order valence-electron chi connectivity index (χ1n) is 6.01. The molecule has 1 aromatic heterocycles. The Balaban J connectivity index is 1.70. The summed E-state index contributed by atoms with van der Waals surface area (Å²) in [5.41, 5.74) is 6.69. The summed E-state index contributed by atoms with van der Waals surface area (Å²) in [5, 5.41) is 7.66. The zero-order valence-electron chi connectivity index (χ0n) is 10.5. The van der Waals surface area contributed by atoms with Crippen LogP contribution in [0.5, 0.6) is 0 Å². The number of nitrogens with two attached hydrogens (primary N) is 1. The summed E-state index contributed by atoms with van der Waals surface area (Å²) in [6.07, 6.45) is 1.73. The molecule has 2 N–H and O–H groups in total. The van der Waals surface area contributed by atoms with E-state index in [0.29, 0.717) is 24.9 Å². The molecule has 0 aliphatic heterocycles. The van der Waals surface area contributed by atoms with Crippen LogP contribution in [0.1, 0.15) is 12.5 Å². The highest BCUT2D eigenvalue weighted by molar-refractivity contribution is 5.19. The molecule has 0 spiro atoms. The third kappa shape index (κ3) is 3.85. The number of nitrogens with zero attached hydrogens (tertiary/aromatic N) is 3. The Kier molecular flexibility index (Phi) is 4.30. The molecule has 0 aliphatic carbocycles. The topological polar surface area (TPSA) is 66.0 Å². The number of nitrogen functional groups attached to an aromatic ring is 1. The van der Waals surface area contributed by atoms with E-state index in [1.165, 1.54) is 5.56 Å². The smallest absolute Gasteiger partial charge is 0.165 e. The summed E-state index contributed by atoms with van der Waals surface area (Å²) < 4.78 is 7.41. The summed E-state index contributed by atoms with van der Waals surface area (Å²) in [5.74, 6) is 0.821. The van der Waals surface area contributed by atoms with Crippen molar-refractivity contribution < 1.29 is 4.74 Å². The van der Waals surface area contributed by atoms with Crippen molar-refractivity contribution in [1.29, 1.82) is 0 Å². The molecule has 2 rings (SSSR count). The third-order valence-corrected chi connectivity index (χ3v) is 2.57. The Morgan fingerprint density at radius 2 is 2.11 bits per heavy atom. The third-order valence-electron chi connectivity index (χ3n) is 2.57. The lowest BCUT2D eigenvalue weighted by molar-refractivity contribution is 0.0855. The van der Waals surface area contributed by atoms with Gasteiger partial charge in [-0.1, -0.05) is 42.5 Å². The molecule has 1 aromatic carbocycles. The van der Waals surface area contributed by atoms with Gasteiger partial charge in [0.25, 0.3) is 0 Å². The Morgan fingerprint density at radius 1 is 1.33 bits per heavy atom. The van der Waals surface area contributed by atoms with Gasteiger partial charge < -0.3 is 10.5 Å². The fourth-order valence-electron chi connectivity index (χ4n) is 1.73. The fraction of sp³-hybridized carbons (Fsp3) is 0.385. The summed E-state index contributed by atoms with van der Waals surface area (Å²) in [7, 11) is 0. The molecule has 2 aromatic rings. The Labute approximate surface area is 107 Å². The SMILES string of the molecule is CC(COCc1ccccc1)Cn1cc(N)nn1. The molecule has 5 heteroatoms. The van der Waals surface area contributed by atoms with Crippen molar-refractivity contribution in [3.8, 4) is 0 Å². The van der Waals surface area contributed by atoms with Crippen LogP contribution in [0.25, 0.3) is 0 Å². The molecule has 18 heavy (non-hydrogen) atoms. The van der Waals surface area contributed by atoms with E-state index in [9.17, 15) is 0 Å². The molecule has 1 atom stereocenters. The molecule has 5 nitrogen and oxygen atoms in total. The van der Waals surface area contributed by atoms with Gasteiger partial charge in [0.05, 0.1) is 19.4 Å². The zero-order valence-corrected chi connectivity index (χ0v) is 10.5. The van der Waals surface area contributed by atoms with Crippen molar-refractivity contribution >= 4 is 5.82 Å². The molecule has 0 fully saturated rings. The van der Waals surface area contributed by atoms with Gasteiger partial charge in [-0.2, -0.15) is 0 Å². The zero-order chi connectivity index (χ0) is 12.8. The van der Waals surface area contributed by atoms with E-state index in [0.717, 1.165) is 6.54 Å². The highest BCUT2D eigenvalue weighted by atomic mass is 16.5. The van der Waals surface area contributed by atoms with E-state index in [1.54, 1.807) is 10.9 Å². The highest BCUT2D eigenvalue weighted by Crippen LogP contribution is 2.05. The quantitative estimate of drug-likeness (QED) is 0.842. The van der Waals surface area contributed by atoms with Crippen LogP contribution in [0.2, 0.25) is 0 Å². The van der Waals surface area contributed by atoms with Gasteiger partial charge in [0.15, 0.2) is 5.82 Å². The maximum atomic E-state index is 5.67. The van der Waals surface area contributed by atoms with E-state index < -0.39 is 0 Å². The van der Waals surface area contributed by atoms with Crippen molar-refractivity contribution in [1.82, 2.24) is 15.0 Å². The number of hydrogen-bond donors (Lipinski definition) is 1. The molecule has 0 bridgehead atoms. The predicted molar refractivity (Wildman–Crippen MR) is 69.7 cm³/mol. The van der Waals surface area contributed by atoms with Gasteiger partial charge in [-0.15, -0.1) is 5.10 Å². The highest BCUT2D eigenvalue weighted by Gasteiger charge is 2.05. The van der Waals surface area contributed by atoms with Crippen molar-refractivity contribution in [2.45, 2.75) is 20.1 Å². The van der Waals surface area contributed by atoms with E-state index in [-0.39, 0.29) is 0 Å². The molecule has 0 saturated heterocycles. The predicted octanol–water partition coefficient (Wildman–Crippen LogP) is 1.71. The van der Waals surface area contributed by atoms with Crippen molar-refractivity contribution in [2.24, 2.45) is 5.92 Å². The molecular weight excluding hydrogens is 228 g/mol. The maximum absolute atomic E-state index is 5.67. The molecule has 0 radical (unpaired) electrons. The lowest BCUT2D eigenvalue weighted by Crippen LogP contribution is -2.14. The second-order valence-electron chi connectivity index (χ2n) is 4.47. The molecule has 1 unspecified atom stereocenters. The fourth-order valence-corrected chi connectivity index (χ4v) is 1.73. The van der Waals surface area contributed by atoms with Crippen molar-refractivity contribution in [3.05, 3.63) is 42.1 Å². The lowest BCUT2D eigenvalue weighted by atomic mass is 10.2. The van der Waals surface area contributed by atoms with Crippen LogP contribution in [0.3, 0.4) is 0 Å². The molecule has 1 heterocycles. The van der Waals surface area contributed by atoms with Crippen LogP contribution in [-0.4, -0.2) is 21.6 Å². The molecule has 96 valence electrons. The second kappa shape index (κ2) is 6.16. The summed E-state index contributed by atoms with van der Waals surface area (Å²) in [4.78, 5) is 0. The molecule has 0 amide bonds. The number of rotatable bonds is 6. The first-order valence-corrected chi connectivity index (χ1v) is 6.01. The van der Waals surface area contributed by atoms with Gasteiger partial charge in [-0.25, -0.2) is 4.68 Å². The molecule has 0 saturated carbocycles. The number of aromatic nitrogens is 3. The molecule has 0 aliphatic rings. The van der Waals surface area contributed by atoms with E-state index in [2.05, 4.69) is 29.4 Å². The van der Waals surface area contributed by atoms with Gasteiger partial charge in [0.2, 0.25) is 0 Å². The van der Waals surface area contributed by atoms with Gasteiger partial charge >= 0.3 is 0 Å². The van der Waals surface area contributed by atoms with Gasteiger partial charge in [0.1, 0.15) is 0 Å². The minimum atomic E-state index is 0.370. The Morgan fingerprint density at radius 3 is 2.78 bits per heavy atom. The average molecular weight is 246 g/mol. The van der Waals surface area contributed by atoms with Crippen molar-refractivity contribution in [3.63, 3.8) is 0 Å². The largest absolute Gasteiger partial charge is 0.381 e. The normalized spacial score (nSPS) is 12.5. The Hall–Kier alpha value is -1.88. The van der Waals surface area contributed by atoms with Crippen LogP contribution in [0.4, 0.5) is 5.82 Å². The number of anilines is 1. The van der Waals surface area contributed by atoms with Crippen LogP contribution in [0, 0.1) is 5.92 Å². The van der Waals surface area contributed by atoms with Gasteiger partial charge in [-0.3, -0.25) is 0 Å². The second-order valence-corrected chi connectivity index (χ2v) is 4.47.